The van der Waals surface area contributed by atoms with Gasteiger partial charge in [-0.25, -0.2) is 0 Å². The Morgan fingerprint density at radius 1 is 1.07 bits per heavy atom. The van der Waals surface area contributed by atoms with Crippen LogP contribution in [0.25, 0.3) is 0 Å². The number of hydrogen-bond donors (Lipinski definition) is 3. The highest BCUT2D eigenvalue weighted by molar-refractivity contribution is 6.05. The van der Waals surface area contributed by atoms with Gasteiger partial charge in [-0.2, -0.15) is 0 Å². The second-order valence-corrected chi connectivity index (χ2v) is 8.11. The maximum Gasteiger partial charge on any atom is 0.255 e. The van der Waals surface area contributed by atoms with E-state index in [2.05, 4.69) is 40.2 Å². The van der Waals surface area contributed by atoms with Crippen molar-refractivity contribution in [1.82, 2.24) is 20.9 Å². The summed E-state index contributed by atoms with van der Waals surface area (Å²) in [5, 5.41) is 9.40. The summed E-state index contributed by atoms with van der Waals surface area (Å²) in [6.07, 6.45) is 0.644. The average Bonchev–Trinajstić information content (AvgIpc) is 3.30. The summed E-state index contributed by atoms with van der Waals surface area (Å²) in [6, 6.07) is 13.9. The molecule has 2 unspecified atom stereocenters. The lowest BCUT2D eigenvalue weighted by molar-refractivity contribution is -0.136. The van der Waals surface area contributed by atoms with Crippen LogP contribution in [0.1, 0.15) is 51.5 Å². The van der Waals surface area contributed by atoms with Gasteiger partial charge in [0.2, 0.25) is 11.8 Å². The Balaban J connectivity index is 1.27. The summed E-state index contributed by atoms with van der Waals surface area (Å²) in [6.45, 7) is 2.74. The van der Waals surface area contributed by atoms with E-state index in [9.17, 15) is 14.4 Å². The number of rotatable bonds is 5. The lowest BCUT2D eigenvalue weighted by Gasteiger charge is -2.29. The summed E-state index contributed by atoms with van der Waals surface area (Å²) < 4.78 is 0. The smallest absolute Gasteiger partial charge is 0.255 e. The lowest BCUT2D eigenvalue weighted by Crippen LogP contribution is -2.52. The molecule has 3 N–H and O–H groups in total. The minimum atomic E-state index is -0.581. The van der Waals surface area contributed by atoms with Gasteiger partial charge in [-0.05, 0) is 34.7 Å². The van der Waals surface area contributed by atoms with Gasteiger partial charge in [0.15, 0.2) is 0 Å². The van der Waals surface area contributed by atoms with Crippen LogP contribution in [0, 0.1) is 0 Å². The fourth-order valence-electron chi connectivity index (χ4n) is 4.73. The summed E-state index contributed by atoms with van der Waals surface area (Å²) in [7, 11) is 0. The zero-order chi connectivity index (χ0) is 20.7. The molecule has 1 fully saturated rings. The van der Waals surface area contributed by atoms with Crippen molar-refractivity contribution in [2.75, 3.05) is 6.54 Å². The van der Waals surface area contributed by atoms with Crippen LogP contribution in [-0.4, -0.2) is 35.2 Å². The van der Waals surface area contributed by atoms with Gasteiger partial charge in [0, 0.05) is 44.2 Å². The highest BCUT2D eigenvalue weighted by Crippen LogP contribution is 2.30. The van der Waals surface area contributed by atoms with Crippen LogP contribution >= 0.6 is 0 Å². The van der Waals surface area contributed by atoms with Crippen molar-refractivity contribution < 1.29 is 14.4 Å². The summed E-state index contributed by atoms with van der Waals surface area (Å²) >= 11 is 0. The maximum atomic E-state index is 12.9. The quantitative estimate of drug-likeness (QED) is 0.655. The molecular formula is C23H24N4O3. The van der Waals surface area contributed by atoms with E-state index < -0.39 is 6.04 Å². The molecule has 3 heterocycles. The molecule has 2 aromatic rings. The summed E-state index contributed by atoms with van der Waals surface area (Å²) in [4.78, 5) is 38.2. The van der Waals surface area contributed by atoms with Crippen molar-refractivity contribution in [3.63, 3.8) is 0 Å². The van der Waals surface area contributed by atoms with Gasteiger partial charge in [0.05, 0.1) is 0 Å². The molecule has 0 radical (unpaired) electrons. The minimum absolute atomic E-state index is 0.132. The Bertz CT molecular complexity index is 1030. The van der Waals surface area contributed by atoms with Crippen LogP contribution in [0.15, 0.2) is 42.5 Å². The van der Waals surface area contributed by atoms with Gasteiger partial charge in [0.25, 0.3) is 5.91 Å². The first-order valence-electron chi connectivity index (χ1n) is 10.4. The van der Waals surface area contributed by atoms with Crippen molar-refractivity contribution in [2.24, 2.45) is 0 Å². The highest BCUT2D eigenvalue weighted by atomic mass is 16.2. The number of hydrogen-bond acceptors (Lipinski definition) is 5. The van der Waals surface area contributed by atoms with Crippen LogP contribution in [0.2, 0.25) is 0 Å². The second-order valence-electron chi connectivity index (χ2n) is 8.11. The molecule has 0 saturated carbocycles. The predicted octanol–water partition coefficient (Wildman–Crippen LogP) is 1.38. The van der Waals surface area contributed by atoms with Gasteiger partial charge >= 0.3 is 0 Å². The van der Waals surface area contributed by atoms with Crippen molar-refractivity contribution in [1.29, 1.82) is 0 Å². The van der Waals surface area contributed by atoms with Gasteiger partial charge in [0.1, 0.15) is 6.04 Å². The summed E-state index contributed by atoms with van der Waals surface area (Å²) in [5.41, 5.74) is 5.38. The highest BCUT2D eigenvalue weighted by Gasteiger charge is 2.39. The molecule has 3 aliphatic rings. The van der Waals surface area contributed by atoms with Crippen LogP contribution < -0.4 is 16.0 Å². The van der Waals surface area contributed by atoms with E-state index in [0.29, 0.717) is 25.1 Å². The third-order valence-electron chi connectivity index (χ3n) is 6.31. The zero-order valence-electron chi connectivity index (χ0n) is 16.6. The van der Waals surface area contributed by atoms with E-state index in [1.165, 1.54) is 11.1 Å². The number of carbonyl (C=O) groups is 3. The van der Waals surface area contributed by atoms with E-state index in [0.717, 1.165) is 24.2 Å². The molecule has 3 amide bonds. The molecule has 30 heavy (non-hydrogen) atoms. The number of nitrogens with one attached hydrogen (secondary N) is 3. The third kappa shape index (κ3) is 3.30. The topological polar surface area (TPSA) is 90.5 Å². The van der Waals surface area contributed by atoms with Crippen molar-refractivity contribution in [2.45, 2.75) is 44.6 Å². The molecule has 2 atom stereocenters. The molecule has 7 heteroatoms. The number of piperidine rings is 1. The SMILES string of the molecule is O=C1CCC(N2Cc3c(CNCC4NCc5ccccc54)cccc3C2=O)C(=O)N1. The number of imide groups is 1. The first-order valence-corrected chi connectivity index (χ1v) is 10.4. The second kappa shape index (κ2) is 7.66. The van der Waals surface area contributed by atoms with Gasteiger partial charge in [-0.1, -0.05) is 36.4 Å². The van der Waals surface area contributed by atoms with Gasteiger partial charge in [-0.3, -0.25) is 19.7 Å². The Hall–Kier alpha value is -3.03. The Labute approximate surface area is 174 Å². The van der Waals surface area contributed by atoms with E-state index >= 15 is 0 Å². The first-order chi connectivity index (χ1) is 14.6. The normalized spacial score (nSPS) is 22.8. The van der Waals surface area contributed by atoms with Crippen LogP contribution in [0.5, 0.6) is 0 Å². The molecule has 1 saturated heterocycles. The minimum Gasteiger partial charge on any atom is -0.322 e. The largest absolute Gasteiger partial charge is 0.322 e. The molecule has 0 aliphatic carbocycles. The van der Waals surface area contributed by atoms with E-state index in [1.54, 1.807) is 4.90 Å². The molecule has 5 rings (SSSR count). The molecule has 2 aromatic carbocycles. The summed E-state index contributed by atoms with van der Waals surface area (Å²) in [5.74, 6) is -0.779. The Kier molecular flexibility index (Phi) is 4.84. The fraction of sp³-hybridized carbons (Fsp3) is 0.348. The van der Waals surface area contributed by atoms with Crippen LogP contribution in [0.4, 0.5) is 0 Å². The monoisotopic (exact) mass is 404 g/mol. The molecule has 154 valence electrons. The Morgan fingerprint density at radius 3 is 2.80 bits per heavy atom. The van der Waals surface area contributed by atoms with Crippen molar-refractivity contribution >= 4 is 17.7 Å². The number of nitrogens with zero attached hydrogens (tertiary/aromatic N) is 1. The number of benzene rings is 2. The lowest BCUT2D eigenvalue weighted by atomic mass is 10.0. The van der Waals surface area contributed by atoms with Gasteiger partial charge in [-0.15, -0.1) is 0 Å². The molecule has 0 spiro atoms. The van der Waals surface area contributed by atoms with Crippen LogP contribution in [-0.2, 0) is 29.2 Å². The van der Waals surface area contributed by atoms with E-state index in [-0.39, 0.29) is 30.2 Å². The molecule has 7 nitrogen and oxygen atoms in total. The zero-order valence-corrected chi connectivity index (χ0v) is 16.6. The maximum absolute atomic E-state index is 12.9. The molecule has 0 aromatic heterocycles. The van der Waals surface area contributed by atoms with Crippen LogP contribution in [0.3, 0.4) is 0 Å². The Morgan fingerprint density at radius 2 is 1.93 bits per heavy atom. The predicted molar refractivity (Wildman–Crippen MR) is 110 cm³/mol. The fourth-order valence-corrected chi connectivity index (χ4v) is 4.73. The number of fused-ring (bicyclic) bond motifs is 2. The number of carbonyl (C=O) groups excluding carboxylic acids is 3. The third-order valence-corrected chi connectivity index (χ3v) is 6.31. The first kappa shape index (κ1) is 19.0. The average molecular weight is 404 g/mol. The van der Waals surface area contributed by atoms with Crippen molar-refractivity contribution in [3.05, 3.63) is 70.3 Å². The molecule has 0 bridgehead atoms. The standard InChI is InChI=1S/C23H24N4O3/c28-21-9-8-20(22(29)26-21)27-13-18-14(5-3-7-17(18)23(27)30)10-24-12-19-16-6-2-1-4-15(16)11-25-19/h1-7,19-20,24-25H,8-13H2,(H,26,28,29). The molecule has 3 aliphatic heterocycles. The van der Waals surface area contributed by atoms with Gasteiger partial charge < -0.3 is 15.5 Å². The van der Waals surface area contributed by atoms with E-state index in [4.69, 9.17) is 0 Å². The van der Waals surface area contributed by atoms with E-state index in [1.807, 2.05) is 18.2 Å². The molecular weight excluding hydrogens is 380 g/mol. The number of amides is 3. The van der Waals surface area contributed by atoms with Crippen molar-refractivity contribution in [3.8, 4) is 0 Å².